The lowest BCUT2D eigenvalue weighted by Gasteiger charge is -2.09. The molecule has 0 fully saturated rings. The van der Waals surface area contributed by atoms with E-state index in [0.29, 0.717) is 0 Å². The standard InChI is InChI=1S/C7H9N2/c1-2-4-7-6(3-1)8-5-9-7/h5H,1-4H2. The van der Waals surface area contributed by atoms with Gasteiger partial charge in [-0.1, -0.05) is 0 Å². The minimum absolute atomic E-state index is 1.15. The van der Waals surface area contributed by atoms with Gasteiger partial charge in [-0.2, -0.15) is 0 Å². The van der Waals surface area contributed by atoms with Crippen molar-refractivity contribution in [3.8, 4) is 0 Å². The summed E-state index contributed by atoms with van der Waals surface area (Å²) in [5.74, 6) is 0. The molecule has 0 aromatic heterocycles. The summed E-state index contributed by atoms with van der Waals surface area (Å²) in [6.45, 7) is 0. The fourth-order valence-electron chi connectivity index (χ4n) is 1.32. The summed E-state index contributed by atoms with van der Waals surface area (Å²) in [4.78, 5) is 4.15. The molecular weight excluding hydrogens is 112 g/mol. The highest BCUT2D eigenvalue weighted by Gasteiger charge is 2.15. The first-order valence-electron chi connectivity index (χ1n) is 3.42. The minimum atomic E-state index is 1.15. The van der Waals surface area contributed by atoms with Crippen molar-refractivity contribution in [3.63, 3.8) is 0 Å². The van der Waals surface area contributed by atoms with Crippen molar-refractivity contribution in [3.05, 3.63) is 11.4 Å². The summed E-state index contributed by atoms with van der Waals surface area (Å²) in [5.41, 5.74) is 2.47. The Morgan fingerprint density at radius 3 is 2.67 bits per heavy atom. The maximum absolute atomic E-state index is 4.15. The van der Waals surface area contributed by atoms with Gasteiger partial charge in [-0.15, -0.1) is 0 Å². The molecule has 0 bridgehead atoms. The Balaban J connectivity index is 2.24. The summed E-state index contributed by atoms with van der Waals surface area (Å²) in [6.07, 6.45) is 6.57. The van der Waals surface area contributed by atoms with Crippen LogP contribution in [-0.2, 0) is 0 Å². The van der Waals surface area contributed by atoms with Crippen molar-refractivity contribution >= 4 is 6.34 Å². The molecule has 0 spiro atoms. The number of allylic oxidation sites excluding steroid dienone is 2. The van der Waals surface area contributed by atoms with E-state index < -0.39 is 0 Å². The lowest BCUT2D eigenvalue weighted by molar-refractivity contribution is 0.659. The highest BCUT2D eigenvalue weighted by atomic mass is 15.0. The highest BCUT2D eigenvalue weighted by molar-refractivity contribution is 5.63. The van der Waals surface area contributed by atoms with Crippen LogP contribution in [0.4, 0.5) is 0 Å². The number of rotatable bonds is 0. The molecule has 2 nitrogen and oxygen atoms in total. The van der Waals surface area contributed by atoms with Crippen LogP contribution in [0.25, 0.3) is 0 Å². The SMILES string of the molecule is C1=NC2=C(CCCC2)[N]1. The average Bonchev–Trinajstić information content (AvgIpc) is 2.33. The topological polar surface area (TPSA) is 26.5 Å². The van der Waals surface area contributed by atoms with E-state index in [9.17, 15) is 0 Å². The van der Waals surface area contributed by atoms with Crippen molar-refractivity contribution < 1.29 is 0 Å². The summed E-state index contributed by atoms with van der Waals surface area (Å²) >= 11 is 0. The fourth-order valence-corrected chi connectivity index (χ4v) is 1.32. The van der Waals surface area contributed by atoms with E-state index in [2.05, 4.69) is 10.3 Å². The summed E-state index contributed by atoms with van der Waals surface area (Å²) in [6, 6.07) is 0. The Hall–Kier alpha value is -0.790. The Labute approximate surface area is 54.7 Å². The van der Waals surface area contributed by atoms with Crippen LogP contribution in [0.15, 0.2) is 16.4 Å². The van der Waals surface area contributed by atoms with Gasteiger partial charge in [0.2, 0.25) is 0 Å². The molecule has 2 rings (SSSR count). The second kappa shape index (κ2) is 1.87. The van der Waals surface area contributed by atoms with Crippen molar-refractivity contribution in [2.75, 3.05) is 0 Å². The van der Waals surface area contributed by atoms with Crippen LogP contribution in [0, 0.1) is 0 Å². The average molecular weight is 121 g/mol. The third-order valence-corrected chi connectivity index (χ3v) is 1.84. The third-order valence-electron chi connectivity index (χ3n) is 1.84. The zero-order valence-electron chi connectivity index (χ0n) is 5.30. The molecule has 1 radical (unpaired) electrons. The molecular formula is C7H9N2. The van der Waals surface area contributed by atoms with Gasteiger partial charge in [-0.25, -0.2) is 10.3 Å². The van der Waals surface area contributed by atoms with E-state index in [1.54, 1.807) is 6.34 Å². The van der Waals surface area contributed by atoms with Crippen molar-refractivity contribution in [2.24, 2.45) is 4.99 Å². The second-order valence-electron chi connectivity index (χ2n) is 2.47. The monoisotopic (exact) mass is 121 g/mol. The van der Waals surface area contributed by atoms with E-state index in [1.165, 1.54) is 24.2 Å². The van der Waals surface area contributed by atoms with Gasteiger partial charge in [0.25, 0.3) is 0 Å². The first kappa shape index (κ1) is 5.03. The van der Waals surface area contributed by atoms with Gasteiger partial charge in [-0.3, -0.25) is 0 Å². The third kappa shape index (κ3) is 0.745. The Kier molecular flexibility index (Phi) is 1.04. The minimum Gasteiger partial charge on any atom is -0.240 e. The molecule has 2 heteroatoms. The van der Waals surface area contributed by atoms with E-state index in [1.807, 2.05) is 0 Å². The largest absolute Gasteiger partial charge is 0.240 e. The Morgan fingerprint density at radius 2 is 1.89 bits per heavy atom. The molecule has 1 aliphatic carbocycles. The Morgan fingerprint density at radius 1 is 1.11 bits per heavy atom. The van der Waals surface area contributed by atoms with Gasteiger partial charge in [0.15, 0.2) is 0 Å². The maximum Gasteiger partial charge on any atom is 0.116 e. The van der Waals surface area contributed by atoms with E-state index in [0.717, 1.165) is 12.8 Å². The predicted molar refractivity (Wildman–Crippen MR) is 36.1 cm³/mol. The van der Waals surface area contributed by atoms with Gasteiger partial charge in [0.1, 0.15) is 6.34 Å². The van der Waals surface area contributed by atoms with Crippen molar-refractivity contribution in [1.29, 1.82) is 0 Å². The lowest BCUT2D eigenvalue weighted by Crippen LogP contribution is -2.01. The molecule has 1 heterocycles. The quantitative estimate of drug-likeness (QED) is 0.463. The smallest absolute Gasteiger partial charge is 0.116 e. The number of aliphatic imine (C=N–C) groups is 1. The first-order valence-corrected chi connectivity index (χ1v) is 3.42. The zero-order valence-corrected chi connectivity index (χ0v) is 5.30. The lowest BCUT2D eigenvalue weighted by atomic mass is 10.0. The summed E-state index contributed by atoms with van der Waals surface area (Å²) in [5, 5.41) is 4.15. The molecule has 0 amide bonds. The summed E-state index contributed by atoms with van der Waals surface area (Å²) in [7, 11) is 0. The first-order chi connectivity index (χ1) is 4.47. The molecule has 0 aromatic rings. The van der Waals surface area contributed by atoms with Gasteiger partial charge in [0.05, 0.1) is 11.4 Å². The Bertz CT molecular complexity index is 179. The molecule has 0 atom stereocenters. The van der Waals surface area contributed by atoms with Gasteiger partial charge in [0, 0.05) is 0 Å². The van der Waals surface area contributed by atoms with Crippen LogP contribution in [0.3, 0.4) is 0 Å². The highest BCUT2D eigenvalue weighted by Crippen LogP contribution is 2.26. The molecule has 0 saturated heterocycles. The van der Waals surface area contributed by atoms with Crippen LogP contribution in [0.2, 0.25) is 0 Å². The van der Waals surface area contributed by atoms with E-state index >= 15 is 0 Å². The predicted octanol–water partition coefficient (Wildman–Crippen LogP) is 1.42. The van der Waals surface area contributed by atoms with Crippen LogP contribution >= 0.6 is 0 Å². The molecule has 0 unspecified atom stereocenters. The number of hydrogen-bond donors (Lipinski definition) is 0. The normalized spacial score (nSPS) is 24.0. The van der Waals surface area contributed by atoms with Crippen molar-refractivity contribution in [1.82, 2.24) is 5.32 Å². The summed E-state index contributed by atoms with van der Waals surface area (Å²) < 4.78 is 0. The molecule has 47 valence electrons. The van der Waals surface area contributed by atoms with Gasteiger partial charge >= 0.3 is 0 Å². The molecule has 0 saturated carbocycles. The van der Waals surface area contributed by atoms with Crippen LogP contribution in [0.1, 0.15) is 25.7 Å². The van der Waals surface area contributed by atoms with Crippen LogP contribution < -0.4 is 5.32 Å². The molecule has 9 heavy (non-hydrogen) atoms. The molecule has 0 aromatic carbocycles. The van der Waals surface area contributed by atoms with Crippen LogP contribution in [-0.4, -0.2) is 6.34 Å². The number of hydrogen-bond acceptors (Lipinski definition) is 1. The van der Waals surface area contributed by atoms with Crippen molar-refractivity contribution in [2.45, 2.75) is 25.7 Å². The van der Waals surface area contributed by atoms with E-state index in [-0.39, 0.29) is 0 Å². The van der Waals surface area contributed by atoms with Gasteiger partial charge in [-0.05, 0) is 25.7 Å². The zero-order chi connectivity index (χ0) is 6.10. The fraction of sp³-hybridized carbons (Fsp3) is 0.571. The maximum atomic E-state index is 4.15. The van der Waals surface area contributed by atoms with Crippen LogP contribution in [0.5, 0.6) is 0 Å². The molecule has 1 aliphatic heterocycles. The molecule has 0 N–H and O–H groups in total. The van der Waals surface area contributed by atoms with Gasteiger partial charge < -0.3 is 0 Å². The van der Waals surface area contributed by atoms with E-state index in [4.69, 9.17) is 0 Å². The second-order valence-corrected chi connectivity index (χ2v) is 2.47. The number of nitrogens with zero attached hydrogens (tertiary/aromatic N) is 2. The molecule has 2 aliphatic rings.